The van der Waals surface area contributed by atoms with E-state index in [2.05, 4.69) is 22.0 Å². The number of carbonyl (C=O) groups is 2. The Kier molecular flexibility index (Phi) is 6.49. The molecule has 1 heterocycles. The number of para-hydroxylation sites is 1. The topological polar surface area (TPSA) is 88.4 Å². The molecule has 7 heteroatoms. The van der Waals surface area contributed by atoms with Crippen LogP contribution < -0.4 is 14.4 Å². The summed E-state index contributed by atoms with van der Waals surface area (Å²) in [5.41, 5.74) is 3.32. The molecule has 3 rings (SSSR count). The van der Waals surface area contributed by atoms with E-state index in [1.54, 1.807) is 12.1 Å². The molecule has 152 valence electrons. The van der Waals surface area contributed by atoms with Crippen LogP contribution in [0, 0.1) is 0 Å². The number of aldehydes is 1. The van der Waals surface area contributed by atoms with Crippen molar-refractivity contribution in [3.63, 3.8) is 0 Å². The number of fused-ring (bicyclic) bond motifs is 1. The lowest BCUT2D eigenvalue weighted by atomic mass is 10.1. The van der Waals surface area contributed by atoms with Crippen molar-refractivity contribution in [2.45, 2.75) is 25.3 Å². The molecule has 1 N–H and O–H groups in total. The second-order valence-corrected chi connectivity index (χ2v) is 6.81. The van der Waals surface area contributed by atoms with Crippen LogP contribution >= 0.6 is 0 Å². The zero-order valence-corrected chi connectivity index (χ0v) is 16.5. The Bertz CT molecular complexity index is 925. The van der Waals surface area contributed by atoms with E-state index in [1.807, 2.05) is 25.4 Å². The highest BCUT2D eigenvalue weighted by Gasteiger charge is 2.24. The zero-order valence-electron chi connectivity index (χ0n) is 16.5. The van der Waals surface area contributed by atoms with E-state index < -0.39 is 5.97 Å². The first-order valence-electron chi connectivity index (χ1n) is 9.40. The van der Waals surface area contributed by atoms with E-state index in [1.165, 1.54) is 18.4 Å². The van der Waals surface area contributed by atoms with E-state index in [4.69, 9.17) is 14.6 Å². The molecule has 1 atom stereocenters. The summed E-state index contributed by atoms with van der Waals surface area (Å²) in [4.78, 5) is 28.9. The van der Waals surface area contributed by atoms with Crippen molar-refractivity contribution in [2.24, 2.45) is 4.99 Å². The van der Waals surface area contributed by atoms with Gasteiger partial charge in [0, 0.05) is 37.0 Å². The number of aliphatic carboxylic acids is 1. The number of methoxy groups -OCH3 is 1. The van der Waals surface area contributed by atoms with Gasteiger partial charge in [-0.25, -0.2) is 0 Å². The van der Waals surface area contributed by atoms with Crippen molar-refractivity contribution >= 4 is 29.8 Å². The number of aliphatic imine (C=N–C) groups is 1. The molecule has 1 aliphatic rings. The van der Waals surface area contributed by atoms with Crippen molar-refractivity contribution in [3.8, 4) is 11.5 Å². The molecule has 0 bridgehead atoms. The van der Waals surface area contributed by atoms with Gasteiger partial charge >= 0.3 is 5.97 Å². The number of likely N-dealkylation sites (N-methyl/N-ethyl adjacent to an activating group) is 1. The Morgan fingerprint density at radius 2 is 2.10 bits per heavy atom. The molecule has 0 saturated carbocycles. The number of rotatable bonds is 9. The molecule has 2 aromatic rings. The van der Waals surface area contributed by atoms with Crippen molar-refractivity contribution in [2.75, 3.05) is 25.7 Å². The maximum absolute atomic E-state index is 11.5. The number of carbonyl (C=O) groups excluding carboxylic acids is 1. The second kappa shape index (κ2) is 9.23. The minimum Gasteiger partial charge on any atom is -0.493 e. The highest BCUT2D eigenvalue weighted by Crippen LogP contribution is 2.35. The summed E-state index contributed by atoms with van der Waals surface area (Å²) in [7, 11) is 3.51. The van der Waals surface area contributed by atoms with Gasteiger partial charge in [0.05, 0.1) is 25.4 Å². The van der Waals surface area contributed by atoms with Crippen LogP contribution in [-0.4, -0.2) is 50.4 Å². The van der Waals surface area contributed by atoms with E-state index in [0.29, 0.717) is 29.2 Å². The van der Waals surface area contributed by atoms with Crippen LogP contribution in [0.25, 0.3) is 0 Å². The van der Waals surface area contributed by atoms with E-state index >= 15 is 0 Å². The molecular weight excluding hydrogens is 372 g/mol. The number of ether oxygens (including phenoxy) is 2. The van der Waals surface area contributed by atoms with Gasteiger partial charge < -0.3 is 19.5 Å². The van der Waals surface area contributed by atoms with Gasteiger partial charge in [0.25, 0.3) is 0 Å². The fraction of sp³-hybridized carbons (Fsp3) is 0.318. The molecule has 0 radical (unpaired) electrons. The Balaban J connectivity index is 1.79. The maximum atomic E-state index is 11.5. The maximum Gasteiger partial charge on any atom is 0.303 e. The van der Waals surface area contributed by atoms with Crippen LogP contribution in [0.3, 0.4) is 0 Å². The van der Waals surface area contributed by atoms with Crippen LogP contribution in [0.2, 0.25) is 0 Å². The Hall–Kier alpha value is -3.35. The third-order valence-corrected chi connectivity index (χ3v) is 4.92. The Morgan fingerprint density at radius 1 is 1.31 bits per heavy atom. The first kappa shape index (κ1) is 20.4. The number of carboxylic acids is 1. The number of anilines is 1. The number of hydrogen-bond donors (Lipinski definition) is 1. The molecule has 1 aliphatic heterocycles. The van der Waals surface area contributed by atoms with Crippen LogP contribution in [0.1, 0.15) is 28.8 Å². The van der Waals surface area contributed by atoms with E-state index in [0.717, 1.165) is 12.7 Å². The van der Waals surface area contributed by atoms with Crippen molar-refractivity contribution in [1.82, 2.24) is 0 Å². The van der Waals surface area contributed by atoms with Gasteiger partial charge in [-0.05, 0) is 30.5 Å². The van der Waals surface area contributed by atoms with Gasteiger partial charge in [0.15, 0.2) is 17.8 Å². The summed E-state index contributed by atoms with van der Waals surface area (Å²) in [5.74, 6) is -0.0331. The molecule has 0 spiro atoms. The number of carboxylic acid groups (broad SMARTS) is 1. The molecule has 0 amide bonds. The molecule has 2 aromatic carbocycles. The second-order valence-electron chi connectivity index (χ2n) is 6.81. The molecular formula is C22H24N2O5. The number of nitrogens with zero attached hydrogens (tertiary/aromatic N) is 2. The first-order chi connectivity index (χ1) is 14.0. The average molecular weight is 396 g/mol. The van der Waals surface area contributed by atoms with E-state index in [9.17, 15) is 9.59 Å². The van der Waals surface area contributed by atoms with Gasteiger partial charge in [-0.3, -0.25) is 14.6 Å². The monoisotopic (exact) mass is 396 g/mol. The van der Waals surface area contributed by atoms with Crippen molar-refractivity contribution in [3.05, 3.63) is 47.5 Å². The van der Waals surface area contributed by atoms with Gasteiger partial charge in [0.2, 0.25) is 0 Å². The minimum atomic E-state index is -0.871. The molecule has 29 heavy (non-hydrogen) atoms. The predicted molar refractivity (Wildman–Crippen MR) is 111 cm³/mol. The SMILES string of the molecule is COc1cc(C=O)c(N=CC2Cc3ccccc3N2C)cc1OCCCC(=O)O. The van der Waals surface area contributed by atoms with Gasteiger partial charge in [-0.1, -0.05) is 18.2 Å². The fourth-order valence-electron chi connectivity index (χ4n) is 3.34. The molecule has 1 unspecified atom stereocenters. The van der Waals surface area contributed by atoms with Crippen molar-refractivity contribution in [1.29, 1.82) is 0 Å². The number of hydrogen-bond acceptors (Lipinski definition) is 6. The summed E-state index contributed by atoms with van der Waals surface area (Å²) in [5, 5.41) is 8.74. The summed E-state index contributed by atoms with van der Waals surface area (Å²) in [6.07, 6.45) is 3.81. The fourth-order valence-corrected chi connectivity index (χ4v) is 3.34. The molecule has 0 aromatic heterocycles. The standard InChI is InChI=1S/C22H24N2O5/c1-24-17(10-15-6-3-4-7-19(15)24)13-23-18-12-21(29-9-5-8-22(26)27)20(28-2)11-16(18)14-25/h3-4,6-7,11-14,17H,5,8-10H2,1-2H3,(H,26,27). The minimum absolute atomic E-state index is 0.0221. The Labute approximate surface area is 169 Å². The molecule has 0 saturated heterocycles. The highest BCUT2D eigenvalue weighted by molar-refractivity contribution is 5.88. The normalized spacial score (nSPS) is 15.4. The molecule has 0 aliphatic carbocycles. The number of benzene rings is 2. The van der Waals surface area contributed by atoms with Crippen LogP contribution in [0.4, 0.5) is 11.4 Å². The lowest BCUT2D eigenvalue weighted by molar-refractivity contribution is -0.137. The quantitative estimate of drug-likeness (QED) is 0.396. The summed E-state index contributed by atoms with van der Waals surface area (Å²) < 4.78 is 11.0. The van der Waals surface area contributed by atoms with Gasteiger partial charge in [-0.15, -0.1) is 0 Å². The summed E-state index contributed by atoms with van der Waals surface area (Å²) in [6, 6.07) is 11.5. The Morgan fingerprint density at radius 3 is 2.79 bits per heavy atom. The molecule has 0 fully saturated rings. The van der Waals surface area contributed by atoms with Gasteiger partial charge in [0.1, 0.15) is 0 Å². The first-order valence-corrected chi connectivity index (χ1v) is 9.40. The van der Waals surface area contributed by atoms with Crippen LogP contribution in [0.5, 0.6) is 11.5 Å². The van der Waals surface area contributed by atoms with Crippen LogP contribution in [0.15, 0.2) is 41.4 Å². The molecule has 7 nitrogen and oxygen atoms in total. The lowest BCUT2D eigenvalue weighted by Gasteiger charge is -2.19. The van der Waals surface area contributed by atoms with E-state index in [-0.39, 0.29) is 19.1 Å². The lowest BCUT2D eigenvalue weighted by Crippen LogP contribution is -2.28. The summed E-state index contributed by atoms with van der Waals surface area (Å²) >= 11 is 0. The van der Waals surface area contributed by atoms with Crippen LogP contribution in [-0.2, 0) is 11.2 Å². The largest absolute Gasteiger partial charge is 0.493 e. The van der Waals surface area contributed by atoms with Crippen molar-refractivity contribution < 1.29 is 24.2 Å². The third kappa shape index (κ3) is 4.74. The smallest absolute Gasteiger partial charge is 0.303 e. The zero-order chi connectivity index (χ0) is 20.8. The summed E-state index contributed by atoms with van der Waals surface area (Å²) in [6.45, 7) is 0.229. The average Bonchev–Trinajstić information content (AvgIpc) is 3.05. The third-order valence-electron chi connectivity index (χ3n) is 4.92. The highest BCUT2D eigenvalue weighted by atomic mass is 16.5. The predicted octanol–water partition coefficient (Wildman–Crippen LogP) is 3.51. The van der Waals surface area contributed by atoms with Gasteiger partial charge in [-0.2, -0.15) is 0 Å².